The summed E-state index contributed by atoms with van der Waals surface area (Å²) in [6, 6.07) is 18.1. The summed E-state index contributed by atoms with van der Waals surface area (Å²) in [5.41, 5.74) is 1.14. The molecular formula is C19H14ClN3O3S. The second kappa shape index (κ2) is 7.66. The maximum Gasteiger partial charge on any atom is 0.261 e. The molecule has 8 heteroatoms. The van der Waals surface area contributed by atoms with Crippen LogP contribution in [0, 0.1) is 11.3 Å². The van der Waals surface area contributed by atoms with Crippen molar-refractivity contribution in [3.63, 3.8) is 0 Å². The fourth-order valence-corrected chi connectivity index (χ4v) is 3.74. The number of nitrogens with one attached hydrogen (secondary N) is 1. The highest BCUT2D eigenvalue weighted by atomic mass is 35.5. The van der Waals surface area contributed by atoms with Crippen molar-refractivity contribution in [2.75, 3.05) is 11.8 Å². The van der Waals surface area contributed by atoms with Crippen molar-refractivity contribution in [1.82, 2.24) is 4.98 Å². The molecule has 6 nitrogen and oxygen atoms in total. The summed E-state index contributed by atoms with van der Waals surface area (Å²) in [5, 5.41) is 9.79. The van der Waals surface area contributed by atoms with Crippen molar-refractivity contribution in [3.05, 3.63) is 71.2 Å². The number of hydrogen-bond acceptors (Lipinski definition) is 5. The van der Waals surface area contributed by atoms with Crippen LogP contribution in [0.3, 0.4) is 0 Å². The van der Waals surface area contributed by atoms with Crippen LogP contribution in [0.1, 0.15) is 5.56 Å². The third-order valence-corrected chi connectivity index (χ3v) is 5.31. The molecule has 0 amide bonds. The first kappa shape index (κ1) is 18.7. The van der Waals surface area contributed by atoms with E-state index >= 15 is 0 Å². The zero-order valence-corrected chi connectivity index (χ0v) is 15.8. The summed E-state index contributed by atoms with van der Waals surface area (Å²) in [5.74, 6) is 0.0927. The predicted molar refractivity (Wildman–Crippen MR) is 103 cm³/mol. The number of methoxy groups -OCH3 is 1. The van der Waals surface area contributed by atoms with Crippen LogP contribution in [0.4, 0.5) is 5.69 Å². The molecule has 27 heavy (non-hydrogen) atoms. The lowest BCUT2D eigenvalue weighted by Crippen LogP contribution is -2.14. The standard InChI is InChI=1S/C19H14ClN3O3S/c1-26-19-14(12-21)11-17(18(22-19)13-6-5-7-15(20)10-13)23-27(24,25)16-8-3-2-4-9-16/h2-11,23H,1H3. The minimum Gasteiger partial charge on any atom is -0.480 e. The van der Waals surface area contributed by atoms with Crippen molar-refractivity contribution in [2.24, 2.45) is 0 Å². The Kier molecular flexibility index (Phi) is 5.31. The summed E-state index contributed by atoms with van der Waals surface area (Å²) in [6.07, 6.45) is 0. The fraction of sp³-hybridized carbons (Fsp3) is 0.0526. The van der Waals surface area contributed by atoms with Gasteiger partial charge in [-0.05, 0) is 30.3 Å². The van der Waals surface area contributed by atoms with Gasteiger partial charge >= 0.3 is 0 Å². The van der Waals surface area contributed by atoms with Gasteiger partial charge in [0.25, 0.3) is 10.0 Å². The Balaban J connectivity index is 2.17. The Morgan fingerprint density at radius 1 is 1.11 bits per heavy atom. The van der Waals surface area contributed by atoms with Crippen LogP contribution in [0.15, 0.2) is 65.6 Å². The van der Waals surface area contributed by atoms with E-state index in [1.165, 1.54) is 25.3 Å². The SMILES string of the molecule is COc1nc(-c2cccc(Cl)c2)c(NS(=O)(=O)c2ccccc2)cc1C#N. The van der Waals surface area contributed by atoms with Crippen molar-refractivity contribution >= 4 is 27.3 Å². The molecule has 3 aromatic rings. The van der Waals surface area contributed by atoms with E-state index < -0.39 is 10.0 Å². The highest BCUT2D eigenvalue weighted by Gasteiger charge is 2.20. The molecule has 1 aromatic heterocycles. The largest absolute Gasteiger partial charge is 0.480 e. The number of sulfonamides is 1. The summed E-state index contributed by atoms with van der Waals surface area (Å²) in [6.45, 7) is 0. The van der Waals surface area contributed by atoms with Crippen LogP contribution in [0.2, 0.25) is 5.02 Å². The van der Waals surface area contributed by atoms with Gasteiger partial charge in [0.1, 0.15) is 11.6 Å². The van der Waals surface area contributed by atoms with Crippen LogP contribution in [-0.4, -0.2) is 20.5 Å². The molecule has 0 radical (unpaired) electrons. The van der Waals surface area contributed by atoms with Gasteiger partial charge in [0, 0.05) is 10.6 Å². The first-order valence-electron chi connectivity index (χ1n) is 7.77. The lowest BCUT2D eigenvalue weighted by Gasteiger charge is -2.14. The molecule has 0 atom stereocenters. The van der Waals surface area contributed by atoms with Gasteiger partial charge in [0.15, 0.2) is 0 Å². The zero-order valence-electron chi connectivity index (χ0n) is 14.2. The van der Waals surface area contributed by atoms with E-state index in [4.69, 9.17) is 16.3 Å². The average Bonchev–Trinajstić information content (AvgIpc) is 2.68. The number of nitrogens with zero attached hydrogens (tertiary/aromatic N) is 2. The Labute approximate surface area is 162 Å². The van der Waals surface area contributed by atoms with Gasteiger partial charge in [-0.25, -0.2) is 13.4 Å². The number of rotatable bonds is 5. The molecule has 0 spiro atoms. The van der Waals surface area contributed by atoms with E-state index in [-0.39, 0.29) is 22.0 Å². The van der Waals surface area contributed by atoms with Gasteiger partial charge in [0.2, 0.25) is 5.88 Å². The molecule has 0 saturated heterocycles. The number of pyridine rings is 1. The Morgan fingerprint density at radius 2 is 1.85 bits per heavy atom. The molecule has 2 aromatic carbocycles. The van der Waals surface area contributed by atoms with E-state index in [1.54, 1.807) is 42.5 Å². The number of hydrogen-bond donors (Lipinski definition) is 1. The molecule has 1 heterocycles. The van der Waals surface area contributed by atoms with Gasteiger partial charge in [0.05, 0.1) is 23.4 Å². The van der Waals surface area contributed by atoms with Crippen molar-refractivity contribution in [1.29, 1.82) is 5.26 Å². The molecule has 0 aliphatic carbocycles. The second-order valence-corrected chi connectivity index (χ2v) is 7.60. The van der Waals surface area contributed by atoms with E-state index in [0.29, 0.717) is 16.3 Å². The first-order chi connectivity index (χ1) is 12.9. The summed E-state index contributed by atoms with van der Waals surface area (Å²) < 4.78 is 33.1. The van der Waals surface area contributed by atoms with E-state index in [9.17, 15) is 13.7 Å². The lowest BCUT2D eigenvalue weighted by atomic mass is 10.1. The second-order valence-electron chi connectivity index (χ2n) is 5.48. The van der Waals surface area contributed by atoms with E-state index in [0.717, 1.165) is 0 Å². The Morgan fingerprint density at radius 3 is 2.48 bits per heavy atom. The zero-order chi connectivity index (χ0) is 19.4. The average molecular weight is 400 g/mol. The minimum atomic E-state index is -3.87. The molecule has 0 bridgehead atoms. The molecule has 0 aliphatic heterocycles. The quantitative estimate of drug-likeness (QED) is 0.697. The maximum atomic E-state index is 12.7. The molecular weight excluding hydrogens is 386 g/mol. The van der Waals surface area contributed by atoms with Gasteiger partial charge in [-0.15, -0.1) is 0 Å². The van der Waals surface area contributed by atoms with E-state index in [2.05, 4.69) is 9.71 Å². The van der Waals surface area contributed by atoms with Gasteiger partial charge in [-0.2, -0.15) is 5.26 Å². The highest BCUT2D eigenvalue weighted by Crippen LogP contribution is 2.33. The van der Waals surface area contributed by atoms with Gasteiger partial charge in [-0.3, -0.25) is 4.72 Å². The number of benzene rings is 2. The third-order valence-electron chi connectivity index (χ3n) is 3.70. The third kappa shape index (κ3) is 4.03. The van der Waals surface area contributed by atoms with Crippen LogP contribution < -0.4 is 9.46 Å². The van der Waals surface area contributed by atoms with E-state index in [1.807, 2.05) is 6.07 Å². The fourth-order valence-electron chi connectivity index (χ4n) is 2.47. The molecule has 3 rings (SSSR count). The number of nitriles is 1. The van der Waals surface area contributed by atoms with Crippen LogP contribution in [0.25, 0.3) is 11.3 Å². The number of ether oxygens (including phenoxy) is 1. The lowest BCUT2D eigenvalue weighted by molar-refractivity contribution is 0.397. The number of halogens is 1. The Hall–Kier alpha value is -3.08. The molecule has 0 unspecified atom stereocenters. The molecule has 0 aliphatic rings. The van der Waals surface area contributed by atoms with Crippen LogP contribution in [-0.2, 0) is 10.0 Å². The number of aromatic nitrogens is 1. The summed E-state index contributed by atoms with van der Waals surface area (Å²) in [4.78, 5) is 4.41. The summed E-state index contributed by atoms with van der Waals surface area (Å²) >= 11 is 6.06. The van der Waals surface area contributed by atoms with Crippen LogP contribution in [0.5, 0.6) is 5.88 Å². The monoisotopic (exact) mass is 399 g/mol. The molecule has 0 fully saturated rings. The first-order valence-corrected chi connectivity index (χ1v) is 9.63. The number of anilines is 1. The van der Waals surface area contributed by atoms with Gasteiger partial charge in [-0.1, -0.05) is 41.9 Å². The van der Waals surface area contributed by atoms with Crippen LogP contribution >= 0.6 is 11.6 Å². The highest BCUT2D eigenvalue weighted by molar-refractivity contribution is 7.92. The molecule has 1 N–H and O–H groups in total. The van der Waals surface area contributed by atoms with Crippen molar-refractivity contribution in [3.8, 4) is 23.2 Å². The Bertz CT molecular complexity index is 1130. The predicted octanol–water partition coefficient (Wildman–Crippen LogP) is 4.08. The summed E-state index contributed by atoms with van der Waals surface area (Å²) in [7, 11) is -2.48. The smallest absolute Gasteiger partial charge is 0.261 e. The van der Waals surface area contributed by atoms with Crippen molar-refractivity contribution in [2.45, 2.75) is 4.90 Å². The molecule has 0 saturated carbocycles. The maximum absolute atomic E-state index is 12.7. The van der Waals surface area contributed by atoms with Crippen molar-refractivity contribution < 1.29 is 13.2 Å². The molecule has 136 valence electrons. The topological polar surface area (TPSA) is 92.1 Å². The minimum absolute atomic E-state index is 0.0927. The van der Waals surface area contributed by atoms with Gasteiger partial charge < -0.3 is 4.74 Å². The normalized spacial score (nSPS) is 10.9.